The number of hydrogen-bond acceptors (Lipinski definition) is 4. The molecule has 0 aromatic heterocycles. The fourth-order valence-corrected chi connectivity index (χ4v) is 3.46. The molecular weight excluding hydrogens is 324 g/mol. The van der Waals surface area contributed by atoms with Gasteiger partial charge in [0.15, 0.2) is 0 Å². The molecule has 9 nitrogen and oxygen atoms in total. The van der Waals surface area contributed by atoms with Crippen LogP contribution in [0.25, 0.3) is 0 Å². The minimum Gasteiger partial charge on any atom is -0.480 e. The number of aliphatic carboxylic acids is 1. The van der Waals surface area contributed by atoms with Gasteiger partial charge >= 0.3 is 21.2 Å². The Morgan fingerprint density at radius 1 is 1.00 bits per heavy atom. The zero-order valence-corrected chi connectivity index (χ0v) is 12.5. The lowest BCUT2D eigenvalue weighted by Crippen LogP contribution is -2.35. The first-order chi connectivity index (χ1) is 9.49. The molecule has 0 heterocycles. The van der Waals surface area contributed by atoms with Gasteiger partial charge in [-0.25, -0.2) is 0 Å². The number of nitrogens with zero attached hydrogens (tertiary/aromatic N) is 1. The molecule has 0 saturated carbocycles. The van der Waals surface area contributed by atoms with Crippen LogP contribution in [-0.2, 0) is 13.9 Å². The van der Waals surface area contributed by atoms with Crippen LogP contribution in [0.15, 0.2) is 30.3 Å². The molecular formula is C10H15NO8P2. The van der Waals surface area contributed by atoms with Gasteiger partial charge in [0.2, 0.25) is 0 Å². The third-order valence-corrected chi connectivity index (χ3v) is 3.91. The fraction of sp³-hybridized carbons (Fsp3) is 0.300. The Balaban J connectivity index is 3.21. The van der Waals surface area contributed by atoms with Gasteiger partial charge in [0.05, 0.1) is 0 Å². The summed E-state index contributed by atoms with van der Waals surface area (Å²) in [6, 6.07) is 5.85. The van der Waals surface area contributed by atoms with Gasteiger partial charge in [-0.1, -0.05) is 30.3 Å². The lowest BCUT2D eigenvalue weighted by Gasteiger charge is -2.29. The molecule has 21 heavy (non-hydrogen) atoms. The van der Waals surface area contributed by atoms with Crippen LogP contribution in [0.4, 0.5) is 0 Å². The molecule has 0 aliphatic heterocycles. The van der Waals surface area contributed by atoms with Crippen LogP contribution in [-0.4, -0.2) is 48.1 Å². The smallest absolute Gasteiger partial charge is 0.339 e. The van der Waals surface area contributed by atoms with E-state index in [1.165, 1.54) is 24.3 Å². The Hall–Kier alpha value is -1.05. The highest BCUT2D eigenvalue weighted by Gasteiger charge is 2.35. The Morgan fingerprint density at radius 2 is 1.43 bits per heavy atom. The molecule has 1 aromatic rings. The molecule has 1 rings (SSSR count). The standard InChI is InChI=1S/C10H15NO8P2/c12-10(13)9(8-4-2-1-3-5-8)11(6-20(14,15)16)7-21(17,18)19/h1-5,9H,6-7H2,(H,12,13)(H2,14,15,16)(H2,17,18,19)/t9-/m0/s1. The SMILES string of the molecule is O=C(O)[C@H](c1ccccc1)N(CP(=O)(O)O)CP(=O)(O)O. The lowest BCUT2D eigenvalue weighted by atomic mass is 10.1. The quantitative estimate of drug-likeness (QED) is 0.443. The van der Waals surface area contributed by atoms with Crippen molar-refractivity contribution in [2.75, 3.05) is 12.6 Å². The van der Waals surface area contributed by atoms with E-state index >= 15 is 0 Å². The maximum atomic E-state index is 11.4. The van der Waals surface area contributed by atoms with Crippen molar-refractivity contribution in [1.29, 1.82) is 0 Å². The van der Waals surface area contributed by atoms with Gasteiger partial charge < -0.3 is 24.7 Å². The van der Waals surface area contributed by atoms with Crippen LogP contribution < -0.4 is 0 Å². The predicted molar refractivity (Wildman–Crippen MR) is 72.5 cm³/mol. The summed E-state index contributed by atoms with van der Waals surface area (Å²) in [6.07, 6.45) is -2.16. The van der Waals surface area contributed by atoms with E-state index in [2.05, 4.69) is 0 Å². The largest absolute Gasteiger partial charge is 0.480 e. The minimum atomic E-state index is -4.70. The summed E-state index contributed by atoms with van der Waals surface area (Å²) in [5.74, 6) is -1.47. The van der Waals surface area contributed by atoms with Crippen molar-refractivity contribution in [2.45, 2.75) is 6.04 Å². The van der Waals surface area contributed by atoms with Crippen LogP contribution >= 0.6 is 15.2 Å². The molecule has 0 radical (unpaired) electrons. The molecule has 118 valence electrons. The molecule has 0 unspecified atom stereocenters. The van der Waals surface area contributed by atoms with Gasteiger partial charge in [-0.05, 0) is 5.56 Å². The molecule has 5 N–H and O–H groups in total. The Morgan fingerprint density at radius 3 is 1.76 bits per heavy atom. The number of hydrogen-bond donors (Lipinski definition) is 5. The maximum absolute atomic E-state index is 11.4. The second kappa shape index (κ2) is 6.81. The summed E-state index contributed by atoms with van der Waals surface area (Å²) in [5, 5.41) is 9.24. The highest BCUT2D eigenvalue weighted by Crippen LogP contribution is 2.44. The van der Waals surface area contributed by atoms with Gasteiger partial charge in [0, 0.05) is 0 Å². The molecule has 0 spiro atoms. The van der Waals surface area contributed by atoms with Crippen molar-refractivity contribution >= 4 is 21.2 Å². The predicted octanol–water partition coefficient (Wildman–Crippen LogP) is 0.385. The molecule has 0 amide bonds. The van der Waals surface area contributed by atoms with E-state index < -0.39 is 39.8 Å². The highest BCUT2D eigenvalue weighted by atomic mass is 31.2. The molecule has 0 bridgehead atoms. The Labute approximate surface area is 120 Å². The van der Waals surface area contributed by atoms with Crippen molar-refractivity contribution in [2.24, 2.45) is 0 Å². The summed E-state index contributed by atoms with van der Waals surface area (Å²) in [4.78, 5) is 47.9. The molecule has 1 atom stereocenters. The summed E-state index contributed by atoms with van der Waals surface area (Å²) in [5.41, 5.74) is 0.159. The molecule has 0 fully saturated rings. The lowest BCUT2D eigenvalue weighted by molar-refractivity contribution is -0.142. The number of carboxylic acid groups (broad SMARTS) is 1. The van der Waals surface area contributed by atoms with Crippen LogP contribution in [0.5, 0.6) is 0 Å². The maximum Gasteiger partial charge on any atom is 0.339 e. The van der Waals surface area contributed by atoms with Crippen molar-refractivity contribution < 1.29 is 38.6 Å². The molecule has 11 heteroatoms. The Bertz CT molecular complexity index is 556. The van der Waals surface area contributed by atoms with Crippen LogP contribution in [0, 0.1) is 0 Å². The van der Waals surface area contributed by atoms with E-state index in [1.54, 1.807) is 6.07 Å². The second-order valence-electron chi connectivity index (χ2n) is 4.35. The summed E-state index contributed by atoms with van der Waals surface area (Å²) in [7, 11) is -9.41. The van der Waals surface area contributed by atoms with Gasteiger partial charge in [0.1, 0.15) is 18.6 Å². The monoisotopic (exact) mass is 339 g/mol. The van der Waals surface area contributed by atoms with Crippen molar-refractivity contribution in [1.82, 2.24) is 4.90 Å². The summed E-state index contributed by atoms with van der Waals surface area (Å²) >= 11 is 0. The summed E-state index contributed by atoms with van der Waals surface area (Å²) in [6.45, 7) is 0. The average molecular weight is 339 g/mol. The van der Waals surface area contributed by atoms with E-state index in [9.17, 15) is 19.0 Å². The number of rotatable bonds is 7. The van der Waals surface area contributed by atoms with Crippen LogP contribution in [0.3, 0.4) is 0 Å². The van der Waals surface area contributed by atoms with Crippen LogP contribution in [0.2, 0.25) is 0 Å². The first-order valence-corrected chi connectivity index (χ1v) is 9.20. The average Bonchev–Trinajstić information content (AvgIpc) is 2.25. The molecule has 1 aromatic carbocycles. The third-order valence-electron chi connectivity index (χ3n) is 2.45. The topological polar surface area (TPSA) is 156 Å². The third kappa shape index (κ3) is 6.50. The van der Waals surface area contributed by atoms with E-state index in [1.807, 2.05) is 0 Å². The zero-order valence-electron chi connectivity index (χ0n) is 10.7. The first kappa shape index (κ1) is 18.0. The molecule has 0 saturated heterocycles. The minimum absolute atomic E-state index is 0.159. The van der Waals surface area contributed by atoms with Gasteiger partial charge in [-0.2, -0.15) is 0 Å². The van der Waals surface area contributed by atoms with Crippen molar-refractivity contribution in [3.8, 4) is 0 Å². The van der Waals surface area contributed by atoms with E-state index in [-0.39, 0.29) is 5.56 Å². The zero-order chi connectivity index (χ0) is 16.3. The van der Waals surface area contributed by atoms with Crippen LogP contribution in [0.1, 0.15) is 11.6 Å². The molecule has 0 aliphatic rings. The first-order valence-electron chi connectivity index (χ1n) is 5.60. The van der Waals surface area contributed by atoms with Gasteiger partial charge in [0.25, 0.3) is 0 Å². The number of carboxylic acids is 1. The van der Waals surface area contributed by atoms with Crippen molar-refractivity contribution in [3.63, 3.8) is 0 Å². The van der Waals surface area contributed by atoms with Gasteiger partial charge in [-0.3, -0.25) is 18.8 Å². The normalized spacial score (nSPS) is 14.1. The van der Waals surface area contributed by atoms with Crippen molar-refractivity contribution in [3.05, 3.63) is 35.9 Å². The second-order valence-corrected chi connectivity index (χ2v) is 7.58. The van der Waals surface area contributed by atoms with E-state index in [0.29, 0.717) is 4.90 Å². The number of benzene rings is 1. The summed E-state index contributed by atoms with van der Waals surface area (Å²) < 4.78 is 22.2. The van der Waals surface area contributed by atoms with E-state index in [4.69, 9.17) is 19.6 Å². The highest BCUT2D eigenvalue weighted by molar-refractivity contribution is 7.52. The molecule has 0 aliphatic carbocycles. The number of carbonyl (C=O) groups is 1. The fourth-order valence-electron chi connectivity index (χ4n) is 1.83. The van der Waals surface area contributed by atoms with Gasteiger partial charge in [-0.15, -0.1) is 0 Å². The van der Waals surface area contributed by atoms with E-state index in [0.717, 1.165) is 0 Å². The Kier molecular flexibility index (Phi) is 5.83.